The van der Waals surface area contributed by atoms with E-state index in [4.69, 9.17) is 0 Å². The fourth-order valence-corrected chi connectivity index (χ4v) is 7.05. The van der Waals surface area contributed by atoms with Gasteiger partial charge in [-0.3, -0.25) is 9.78 Å². The molecule has 0 spiro atoms. The highest BCUT2D eigenvalue weighted by atomic mass is 32.2. The summed E-state index contributed by atoms with van der Waals surface area (Å²) in [6.07, 6.45) is 4.85. The number of aromatic nitrogens is 2. The minimum absolute atomic E-state index is 0.116. The molecule has 38 heavy (non-hydrogen) atoms. The lowest BCUT2D eigenvalue weighted by Crippen LogP contribution is -2.48. The van der Waals surface area contributed by atoms with Gasteiger partial charge in [-0.15, -0.1) is 0 Å². The second-order valence-electron chi connectivity index (χ2n) is 8.55. The molecule has 0 saturated carbocycles. The zero-order chi connectivity index (χ0) is 27.3. The number of rotatable bonds is 9. The molecule has 1 N–H and O–H groups in total. The Hall–Kier alpha value is -3.39. The summed E-state index contributed by atoms with van der Waals surface area (Å²) in [4.78, 5) is 23.2. The molecule has 1 aliphatic heterocycles. The van der Waals surface area contributed by atoms with Crippen LogP contribution in [0.15, 0.2) is 76.9 Å². The van der Waals surface area contributed by atoms with E-state index in [1.165, 1.54) is 57.1 Å². The maximum atomic E-state index is 13.1. The Kier molecular flexibility index (Phi) is 8.41. The lowest BCUT2D eigenvalue weighted by molar-refractivity contribution is 0.102. The van der Waals surface area contributed by atoms with Crippen molar-refractivity contribution in [3.63, 3.8) is 0 Å². The van der Waals surface area contributed by atoms with E-state index in [-0.39, 0.29) is 15.4 Å². The van der Waals surface area contributed by atoms with Crippen molar-refractivity contribution in [3.05, 3.63) is 72.7 Å². The summed E-state index contributed by atoms with van der Waals surface area (Å²) in [6, 6.07) is 11.7. The summed E-state index contributed by atoms with van der Waals surface area (Å²) in [6.45, 7) is 5.87. The SMILES string of the molecule is CCN(CC)S(=O)(=O)c1ccc(C(=O)Nc2ccc(S(=O)(=O)N3CCN(c4cnccn4)CC3)cc2)cc1. The number of piperazine rings is 1. The van der Waals surface area contributed by atoms with E-state index < -0.39 is 26.0 Å². The van der Waals surface area contributed by atoms with Gasteiger partial charge in [-0.05, 0) is 48.5 Å². The molecule has 1 amide bonds. The minimum Gasteiger partial charge on any atom is -0.353 e. The van der Waals surface area contributed by atoms with Gasteiger partial charge in [-0.25, -0.2) is 21.8 Å². The van der Waals surface area contributed by atoms with Crippen molar-refractivity contribution in [2.45, 2.75) is 23.6 Å². The molecule has 0 aliphatic carbocycles. The molecule has 3 aromatic rings. The topological polar surface area (TPSA) is 133 Å². The molecular weight excluding hydrogens is 528 g/mol. The molecular formula is C25H30N6O5S2. The summed E-state index contributed by atoms with van der Waals surface area (Å²) in [5.41, 5.74) is 0.697. The van der Waals surface area contributed by atoms with Crippen molar-refractivity contribution in [2.75, 3.05) is 49.5 Å². The van der Waals surface area contributed by atoms with Crippen LogP contribution in [-0.2, 0) is 20.0 Å². The Morgan fingerprint density at radius 1 is 0.868 bits per heavy atom. The van der Waals surface area contributed by atoms with Crippen LogP contribution in [0.5, 0.6) is 0 Å². The van der Waals surface area contributed by atoms with E-state index in [1.807, 2.05) is 4.90 Å². The second-order valence-corrected chi connectivity index (χ2v) is 12.4. The average Bonchev–Trinajstić information content (AvgIpc) is 2.94. The van der Waals surface area contributed by atoms with E-state index in [1.54, 1.807) is 32.4 Å². The van der Waals surface area contributed by atoms with Crippen LogP contribution in [-0.4, -0.2) is 80.6 Å². The third kappa shape index (κ3) is 5.85. The predicted molar refractivity (Wildman–Crippen MR) is 144 cm³/mol. The fourth-order valence-electron chi connectivity index (χ4n) is 4.17. The average molecular weight is 559 g/mol. The molecule has 11 nitrogen and oxygen atoms in total. The van der Waals surface area contributed by atoms with Crippen LogP contribution >= 0.6 is 0 Å². The van der Waals surface area contributed by atoms with Crippen LogP contribution in [0.1, 0.15) is 24.2 Å². The zero-order valence-corrected chi connectivity index (χ0v) is 22.8. The number of sulfonamides is 2. The first-order valence-corrected chi connectivity index (χ1v) is 15.1. The van der Waals surface area contributed by atoms with Gasteiger partial charge in [0.05, 0.1) is 16.0 Å². The van der Waals surface area contributed by atoms with Crippen molar-refractivity contribution in [1.82, 2.24) is 18.6 Å². The lowest BCUT2D eigenvalue weighted by atomic mass is 10.2. The van der Waals surface area contributed by atoms with Gasteiger partial charge in [0.25, 0.3) is 5.91 Å². The highest BCUT2D eigenvalue weighted by molar-refractivity contribution is 7.89. The molecule has 4 rings (SSSR count). The molecule has 2 aromatic carbocycles. The minimum atomic E-state index is -3.70. The maximum absolute atomic E-state index is 13.1. The number of hydrogen-bond acceptors (Lipinski definition) is 8. The number of nitrogens with zero attached hydrogens (tertiary/aromatic N) is 5. The van der Waals surface area contributed by atoms with Crippen molar-refractivity contribution < 1.29 is 21.6 Å². The first-order valence-electron chi connectivity index (χ1n) is 12.2. The van der Waals surface area contributed by atoms with Gasteiger partial charge in [0.15, 0.2) is 0 Å². The van der Waals surface area contributed by atoms with Crippen LogP contribution < -0.4 is 10.2 Å². The summed E-state index contributed by atoms with van der Waals surface area (Å²) in [7, 11) is -7.31. The van der Waals surface area contributed by atoms with Crippen molar-refractivity contribution >= 4 is 37.5 Å². The van der Waals surface area contributed by atoms with Gasteiger partial charge in [-0.2, -0.15) is 8.61 Å². The number of hydrogen-bond donors (Lipinski definition) is 1. The van der Waals surface area contributed by atoms with Crippen LogP contribution in [0.3, 0.4) is 0 Å². The van der Waals surface area contributed by atoms with Crippen LogP contribution in [0.2, 0.25) is 0 Å². The molecule has 0 radical (unpaired) electrons. The van der Waals surface area contributed by atoms with Gasteiger partial charge >= 0.3 is 0 Å². The highest BCUT2D eigenvalue weighted by Crippen LogP contribution is 2.22. The standard InChI is InChI=1S/C25H30N6O5S2/c1-3-30(4-2)37(33,34)22-9-5-20(6-10-22)25(32)28-21-7-11-23(12-8-21)38(35,36)31-17-15-29(16-18-31)24-19-26-13-14-27-24/h5-14,19H,3-4,15-18H2,1-2H3,(H,28,32). The number of nitrogens with one attached hydrogen (secondary N) is 1. The van der Waals surface area contributed by atoms with E-state index in [0.717, 1.165) is 0 Å². The number of anilines is 2. The summed E-state index contributed by atoms with van der Waals surface area (Å²) in [5.74, 6) is 0.275. The van der Waals surface area contributed by atoms with E-state index >= 15 is 0 Å². The number of amides is 1. The normalized spacial score (nSPS) is 15.0. The first-order chi connectivity index (χ1) is 18.2. The largest absolute Gasteiger partial charge is 0.353 e. The molecule has 1 aromatic heterocycles. The van der Waals surface area contributed by atoms with Crippen LogP contribution in [0, 0.1) is 0 Å². The summed E-state index contributed by atoms with van der Waals surface area (Å²) in [5, 5.41) is 2.72. The Bertz CT molecular complexity index is 1450. The molecule has 0 atom stereocenters. The van der Waals surface area contributed by atoms with E-state index in [9.17, 15) is 21.6 Å². The second kappa shape index (κ2) is 11.6. The van der Waals surface area contributed by atoms with Crippen molar-refractivity contribution in [1.29, 1.82) is 0 Å². The lowest BCUT2D eigenvalue weighted by Gasteiger charge is -2.34. The zero-order valence-electron chi connectivity index (χ0n) is 21.2. The summed E-state index contributed by atoms with van der Waals surface area (Å²) < 4.78 is 54.3. The Labute approximate surface area is 223 Å². The van der Waals surface area contributed by atoms with Crippen molar-refractivity contribution in [2.24, 2.45) is 0 Å². The van der Waals surface area contributed by atoms with Gasteiger partial charge in [0.1, 0.15) is 5.82 Å². The third-order valence-electron chi connectivity index (χ3n) is 6.32. The molecule has 2 heterocycles. The Balaban J connectivity index is 1.38. The summed E-state index contributed by atoms with van der Waals surface area (Å²) >= 11 is 0. The Morgan fingerprint density at radius 3 is 2.03 bits per heavy atom. The van der Waals surface area contributed by atoms with Gasteiger partial charge in [0, 0.05) is 62.9 Å². The predicted octanol–water partition coefficient (Wildman–Crippen LogP) is 2.27. The molecule has 13 heteroatoms. The van der Waals surface area contributed by atoms with Gasteiger partial charge < -0.3 is 10.2 Å². The monoisotopic (exact) mass is 558 g/mol. The molecule has 1 fully saturated rings. The number of carbonyl (C=O) groups is 1. The van der Waals surface area contributed by atoms with Gasteiger partial charge in [-0.1, -0.05) is 13.8 Å². The quantitative estimate of drug-likeness (QED) is 0.423. The molecule has 1 saturated heterocycles. The van der Waals surface area contributed by atoms with Crippen molar-refractivity contribution in [3.8, 4) is 0 Å². The molecule has 1 aliphatic rings. The number of benzene rings is 2. The Morgan fingerprint density at radius 2 is 1.47 bits per heavy atom. The highest BCUT2D eigenvalue weighted by Gasteiger charge is 2.29. The molecule has 202 valence electrons. The first kappa shape index (κ1) is 27.6. The maximum Gasteiger partial charge on any atom is 0.255 e. The molecule has 0 bridgehead atoms. The van der Waals surface area contributed by atoms with Crippen LogP contribution in [0.25, 0.3) is 0 Å². The van der Waals surface area contributed by atoms with E-state index in [2.05, 4.69) is 15.3 Å². The fraction of sp³-hybridized carbons (Fsp3) is 0.320. The number of carbonyl (C=O) groups excluding carboxylic acids is 1. The van der Waals surface area contributed by atoms with Crippen LogP contribution in [0.4, 0.5) is 11.5 Å². The third-order valence-corrected chi connectivity index (χ3v) is 10.3. The smallest absolute Gasteiger partial charge is 0.255 e. The molecule has 0 unspecified atom stereocenters. The van der Waals surface area contributed by atoms with Gasteiger partial charge in [0.2, 0.25) is 20.0 Å². The van der Waals surface area contributed by atoms with E-state index in [0.29, 0.717) is 50.8 Å².